The molecule has 0 aliphatic carbocycles. The highest BCUT2D eigenvalue weighted by Gasteiger charge is 2.15. The van der Waals surface area contributed by atoms with Gasteiger partial charge < -0.3 is 5.73 Å². The van der Waals surface area contributed by atoms with E-state index in [0.29, 0.717) is 11.5 Å². The van der Waals surface area contributed by atoms with E-state index in [9.17, 15) is 0 Å². The van der Waals surface area contributed by atoms with Crippen molar-refractivity contribution in [3.05, 3.63) is 15.8 Å². The summed E-state index contributed by atoms with van der Waals surface area (Å²) >= 11 is 3.23. The van der Waals surface area contributed by atoms with Crippen LogP contribution in [0.1, 0.15) is 6.92 Å². The van der Waals surface area contributed by atoms with Crippen molar-refractivity contribution in [2.75, 3.05) is 0 Å². The number of allylic oxidation sites excluding steroid dienone is 2. The topological polar surface area (TPSA) is 66.1 Å². The van der Waals surface area contributed by atoms with Crippen LogP contribution >= 0.6 is 15.9 Å². The molecule has 52 valence electrons. The van der Waals surface area contributed by atoms with Gasteiger partial charge in [0.05, 0.1) is 0 Å². The average molecular weight is 201 g/mol. The van der Waals surface area contributed by atoms with Crippen molar-refractivity contribution in [2.45, 2.75) is 6.92 Å². The van der Waals surface area contributed by atoms with E-state index in [-0.39, 0.29) is 0 Å². The molecular formula is C6H7BrN3+. The molecule has 1 aliphatic rings. The largest absolute Gasteiger partial charge is 0.400 e. The third-order valence-electron chi connectivity index (χ3n) is 1.28. The second-order valence-electron chi connectivity index (χ2n) is 1.96. The maximum absolute atomic E-state index is 5.55. The van der Waals surface area contributed by atoms with Crippen LogP contribution in [0.15, 0.2) is 15.8 Å². The lowest BCUT2D eigenvalue weighted by Crippen LogP contribution is -2.26. The average Bonchev–Trinajstić information content (AvgIpc) is 1.93. The molecule has 3 nitrogen and oxygen atoms in total. The van der Waals surface area contributed by atoms with E-state index in [2.05, 4.69) is 26.5 Å². The Balaban J connectivity index is 3.34. The van der Waals surface area contributed by atoms with Gasteiger partial charge in [0.1, 0.15) is 10.2 Å². The molecule has 0 fully saturated rings. The minimum absolute atomic E-state index is 0.334. The molecule has 0 saturated carbocycles. The van der Waals surface area contributed by atoms with Crippen LogP contribution in [-0.2, 0) is 0 Å². The van der Waals surface area contributed by atoms with Crippen molar-refractivity contribution in [3.8, 4) is 0 Å². The van der Waals surface area contributed by atoms with Gasteiger partial charge >= 0.3 is 5.84 Å². The molecule has 1 heterocycles. The van der Waals surface area contributed by atoms with Crippen molar-refractivity contribution in [1.82, 2.24) is 4.67 Å². The van der Waals surface area contributed by atoms with Crippen LogP contribution in [0.3, 0.4) is 0 Å². The van der Waals surface area contributed by atoms with Crippen molar-refractivity contribution < 1.29 is 0 Å². The fourth-order valence-electron chi connectivity index (χ4n) is 0.564. The fraction of sp³-hybridized carbons (Fsp3) is 0.167. The van der Waals surface area contributed by atoms with Gasteiger partial charge in [-0.15, -0.1) is 0 Å². The summed E-state index contributed by atoms with van der Waals surface area (Å²) in [5, 5.41) is 0. The molecule has 0 amide bonds. The summed E-state index contributed by atoms with van der Waals surface area (Å²) in [6, 6.07) is 0. The molecule has 4 N–H and O–H groups in total. The highest BCUT2D eigenvalue weighted by molar-refractivity contribution is 9.12. The number of nitrogens with zero attached hydrogens (tertiary/aromatic N) is 1. The normalized spacial score (nSPS) is 17.0. The standard InChI is InChI=1S/C6H6BrN3/c1-3-4(7)2-10-6(9)5(3)8/h9H,8H2,1H3/p+1. The molecule has 0 unspecified atom stereocenters. The maximum Gasteiger partial charge on any atom is 0.400 e. The van der Waals surface area contributed by atoms with E-state index in [1.807, 2.05) is 6.92 Å². The van der Waals surface area contributed by atoms with E-state index in [4.69, 9.17) is 11.5 Å². The third-order valence-corrected chi connectivity index (χ3v) is 2.06. The summed E-state index contributed by atoms with van der Waals surface area (Å²) in [5.74, 6) is 3.00. The van der Waals surface area contributed by atoms with Crippen LogP contribution in [0.4, 0.5) is 0 Å². The first-order chi connectivity index (χ1) is 4.63. The van der Waals surface area contributed by atoms with Crippen molar-refractivity contribution in [2.24, 2.45) is 11.5 Å². The zero-order valence-electron chi connectivity index (χ0n) is 5.48. The minimum Gasteiger partial charge on any atom is -0.391 e. The summed E-state index contributed by atoms with van der Waals surface area (Å²) in [4.78, 5) is 0. The molecule has 0 aromatic carbocycles. The lowest BCUT2D eigenvalue weighted by molar-refractivity contribution is 1.30. The molecule has 1 aliphatic heterocycles. The predicted octanol–water partition coefficient (Wildman–Crippen LogP) is -0.394. The number of rotatable bonds is 0. The quantitative estimate of drug-likeness (QED) is 0.524. The molecule has 0 saturated heterocycles. The monoisotopic (exact) mass is 200 g/mol. The van der Waals surface area contributed by atoms with Gasteiger partial charge in [-0.2, -0.15) is 4.67 Å². The van der Waals surface area contributed by atoms with Gasteiger partial charge in [-0.05, 0) is 22.9 Å². The maximum atomic E-state index is 5.55. The van der Waals surface area contributed by atoms with Crippen molar-refractivity contribution in [1.29, 1.82) is 0 Å². The lowest BCUT2D eigenvalue weighted by Gasteiger charge is -1.98. The number of amidine groups is 1. The lowest BCUT2D eigenvalue weighted by atomic mass is 10.2. The Morgan fingerprint density at radius 2 is 2.10 bits per heavy atom. The molecule has 0 bridgehead atoms. The molecule has 4 heteroatoms. The molecule has 10 heavy (non-hydrogen) atoms. The smallest absolute Gasteiger partial charge is 0.391 e. The molecular weight excluding hydrogens is 194 g/mol. The zero-order chi connectivity index (χ0) is 7.72. The molecule has 0 atom stereocenters. The van der Waals surface area contributed by atoms with E-state index in [1.165, 1.54) is 0 Å². The van der Waals surface area contributed by atoms with E-state index in [0.717, 1.165) is 10.1 Å². The minimum atomic E-state index is 0.334. The summed E-state index contributed by atoms with van der Waals surface area (Å²) < 4.78 is 4.48. The van der Waals surface area contributed by atoms with Crippen LogP contribution in [0.5, 0.6) is 0 Å². The van der Waals surface area contributed by atoms with E-state index in [1.54, 1.807) is 0 Å². The highest BCUT2D eigenvalue weighted by Crippen LogP contribution is 2.15. The fourth-order valence-corrected chi connectivity index (χ4v) is 0.866. The molecule has 0 spiro atoms. The van der Waals surface area contributed by atoms with Crippen molar-refractivity contribution in [3.63, 3.8) is 0 Å². The van der Waals surface area contributed by atoms with Crippen molar-refractivity contribution >= 4 is 27.6 Å². The van der Waals surface area contributed by atoms with Gasteiger partial charge in [0.15, 0.2) is 0 Å². The SMILES string of the molecule is CC1=C(N)C(N)=[N+]=C=C1Br. The summed E-state index contributed by atoms with van der Waals surface area (Å²) in [5.41, 5.74) is 12.3. The van der Waals surface area contributed by atoms with Gasteiger partial charge in [0.25, 0.3) is 0 Å². The van der Waals surface area contributed by atoms with Crippen LogP contribution < -0.4 is 16.1 Å². The Kier molecular flexibility index (Phi) is 1.68. The first-order valence-electron chi connectivity index (χ1n) is 2.71. The highest BCUT2D eigenvalue weighted by atomic mass is 79.9. The Morgan fingerprint density at radius 1 is 1.50 bits per heavy atom. The zero-order valence-corrected chi connectivity index (χ0v) is 7.07. The summed E-state index contributed by atoms with van der Waals surface area (Å²) in [6.07, 6.45) is 0. The number of halogens is 1. The molecule has 0 radical (unpaired) electrons. The Hall–Kier alpha value is -0.950. The number of hydrogen-bond acceptors (Lipinski definition) is 2. The van der Waals surface area contributed by atoms with Crippen LogP contribution in [0.25, 0.3) is 0 Å². The summed E-state index contributed by atoms with van der Waals surface area (Å²) in [6.45, 7) is 1.86. The van der Waals surface area contributed by atoms with Gasteiger partial charge in [0, 0.05) is 5.57 Å². The molecule has 0 aromatic rings. The predicted molar refractivity (Wildman–Crippen MR) is 45.7 cm³/mol. The van der Waals surface area contributed by atoms with Gasteiger partial charge in [-0.25, -0.2) is 0 Å². The molecule has 1 rings (SSSR count). The van der Waals surface area contributed by atoms with Gasteiger partial charge in [0.2, 0.25) is 5.87 Å². The Labute approximate surface area is 67.0 Å². The first kappa shape index (κ1) is 7.16. The van der Waals surface area contributed by atoms with E-state index >= 15 is 0 Å². The van der Waals surface area contributed by atoms with Gasteiger partial charge in [-0.1, -0.05) is 0 Å². The van der Waals surface area contributed by atoms with Crippen LogP contribution in [-0.4, -0.2) is 11.7 Å². The summed E-state index contributed by atoms with van der Waals surface area (Å²) in [7, 11) is 0. The Bertz CT molecular complexity index is 271. The second kappa shape index (κ2) is 2.35. The van der Waals surface area contributed by atoms with E-state index < -0.39 is 0 Å². The van der Waals surface area contributed by atoms with Gasteiger partial charge in [-0.3, -0.25) is 5.73 Å². The van der Waals surface area contributed by atoms with Crippen LogP contribution in [0.2, 0.25) is 0 Å². The number of nitrogens with two attached hydrogens (primary N) is 2. The number of hydrogen-bond donors (Lipinski definition) is 2. The second-order valence-corrected chi connectivity index (χ2v) is 2.75. The Morgan fingerprint density at radius 3 is 2.60 bits per heavy atom. The third kappa shape index (κ3) is 1.00. The molecule has 0 aromatic heterocycles. The first-order valence-corrected chi connectivity index (χ1v) is 3.51. The van der Waals surface area contributed by atoms with Crippen LogP contribution in [0, 0.1) is 0 Å².